The predicted octanol–water partition coefficient (Wildman–Crippen LogP) is 4.16. The molecule has 1 saturated carbocycles. The molecule has 4 atom stereocenters. The molecular weight excluding hydrogens is 431 g/mol. The van der Waals surface area contributed by atoms with Gasteiger partial charge < -0.3 is 0 Å². The Labute approximate surface area is 162 Å². The SMILES string of the molecule is CCCCON1C(=O)[C@H]2[C@H](C1=O)[C@@]1(Cl)C(Cl)=C(Cl)[C@@]2(Cl)C1(Cl)Cl. The fourth-order valence-electron chi connectivity index (χ4n) is 3.40. The van der Waals surface area contributed by atoms with E-state index in [0.717, 1.165) is 6.42 Å². The molecule has 3 rings (SSSR count). The summed E-state index contributed by atoms with van der Waals surface area (Å²) in [5.41, 5.74) is 0. The molecular formula is C13H11Cl6NO3. The highest BCUT2D eigenvalue weighted by Crippen LogP contribution is 2.77. The molecule has 2 aliphatic carbocycles. The van der Waals surface area contributed by atoms with Crippen molar-refractivity contribution in [2.75, 3.05) is 6.61 Å². The average molecular weight is 442 g/mol. The Hall–Kier alpha value is 0.580. The smallest absolute Gasteiger partial charge is 0.259 e. The monoisotopic (exact) mass is 439 g/mol. The summed E-state index contributed by atoms with van der Waals surface area (Å²) in [5, 5.41) is 0.458. The van der Waals surface area contributed by atoms with E-state index in [1.165, 1.54) is 0 Å². The van der Waals surface area contributed by atoms with Crippen LogP contribution in [0.1, 0.15) is 19.8 Å². The van der Waals surface area contributed by atoms with Crippen LogP contribution in [-0.4, -0.2) is 37.6 Å². The van der Waals surface area contributed by atoms with Crippen LogP contribution >= 0.6 is 69.6 Å². The van der Waals surface area contributed by atoms with Crippen molar-refractivity contribution in [1.82, 2.24) is 5.06 Å². The molecule has 0 radical (unpaired) electrons. The first-order valence-electron chi connectivity index (χ1n) is 6.91. The summed E-state index contributed by atoms with van der Waals surface area (Å²) in [7, 11) is 0. The Balaban J connectivity index is 2.06. The van der Waals surface area contributed by atoms with Gasteiger partial charge in [0.25, 0.3) is 11.8 Å². The predicted molar refractivity (Wildman–Crippen MR) is 90.0 cm³/mol. The Morgan fingerprint density at radius 2 is 1.43 bits per heavy atom. The van der Waals surface area contributed by atoms with Crippen LogP contribution in [0.2, 0.25) is 0 Å². The summed E-state index contributed by atoms with van der Waals surface area (Å²) < 4.78 is -1.91. The summed E-state index contributed by atoms with van der Waals surface area (Å²) in [4.78, 5) is 27.1. The van der Waals surface area contributed by atoms with Crippen molar-refractivity contribution in [2.24, 2.45) is 11.8 Å². The number of fused-ring (bicyclic) bond motifs is 5. The maximum Gasteiger partial charge on any atom is 0.259 e. The van der Waals surface area contributed by atoms with E-state index in [0.29, 0.717) is 11.5 Å². The Kier molecular flexibility index (Phi) is 4.42. The van der Waals surface area contributed by atoms with Gasteiger partial charge in [-0.15, -0.1) is 23.2 Å². The van der Waals surface area contributed by atoms with E-state index >= 15 is 0 Å². The zero-order chi connectivity index (χ0) is 17.4. The van der Waals surface area contributed by atoms with E-state index in [4.69, 9.17) is 74.4 Å². The zero-order valence-electron chi connectivity index (χ0n) is 11.7. The highest BCUT2D eigenvalue weighted by atomic mass is 35.5. The summed E-state index contributed by atoms with van der Waals surface area (Å²) in [6, 6.07) is 0. The molecule has 0 unspecified atom stereocenters. The van der Waals surface area contributed by atoms with Crippen molar-refractivity contribution in [3.8, 4) is 0 Å². The fraction of sp³-hybridized carbons (Fsp3) is 0.692. The van der Waals surface area contributed by atoms with Crippen LogP contribution in [-0.2, 0) is 14.4 Å². The number of hydrogen-bond acceptors (Lipinski definition) is 3. The summed E-state index contributed by atoms with van der Waals surface area (Å²) in [6.45, 7) is 2.16. The molecule has 0 N–H and O–H groups in total. The van der Waals surface area contributed by atoms with Gasteiger partial charge in [-0.25, -0.2) is 0 Å². The number of unbranched alkanes of at least 4 members (excludes halogenated alkanes) is 1. The fourth-order valence-corrected chi connectivity index (χ4v) is 6.33. The molecule has 0 aromatic carbocycles. The zero-order valence-corrected chi connectivity index (χ0v) is 16.3. The number of carbonyl (C=O) groups is 2. The number of nitrogens with zero attached hydrogens (tertiary/aromatic N) is 1. The first-order chi connectivity index (χ1) is 10.6. The standard InChI is InChI=1S/C13H11Cl6NO3/c1-2-3-4-23-20-9(21)5-6(10(20)22)12(17)8(15)7(14)11(5,16)13(12,18)19/h5-6H,2-4H2,1H3/t5-,6-,11-,12-/m1/s1. The molecule has 10 heteroatoms. The highest BCUT2D eigenvalue weighted by molar-refractivity contribution is 6.66. The van der Waals surface area contributed by atoms with Crippen molar-refractivity contribution in [3.05, 3.63) is 10.1 Å². The largest absolute Gasteiger partial charge is 0.272 e. The molecule has 0 aromatic rings. The molecule has 1 heterocycles. The van der Waals surface area contributed by atoms with Gasteiger partial charge in [-0.05, 0) is 6.42 Å². The van der Waals surface area contributed by atoms with Gasteiger partial charge in [-0.2, -0.15) is 5.06 Å². The number of amides is 2. The van der Waals surface area contributed by atoms with E-state index in [9.17, 15) is 9.59 Å². The third-order valence-corrected chi connectivity index (χ3v) is 8.85. The molecule has 1 aliphatic heterocycles. The number of halogens is 6. The molecule has 2 amide bonds. The second kappa shape index (κ2) is 5.54. The molecule has 128 valence electrons. The number of hydrogen-bond donors (Lipinski definition) is 0. The third kappa shape index (κ3) is 1.87. The molecule has 0 spiro atoms. The van der Waals surface area contributed by atoms with Crippen molar-refractivity contribution >= 4 is 81.4 Å². The second-order valence-corrected chi connectivity index (χ2v) is 9.01. The van der Waals surface area contributed by atoms with Gasteiger partial charge in [0, 0.05) is 0 Å². The van der Waals surface area contributed by atoms with Gasteiger partial charge in [-0.1, -0.05) is 59.7 Å². The summed E-state index contributed by atoms with van der Waals surface area (Å²) in [5.74, 6) is -3.61. The first kappa shape index (κ1) is 18.4. The highest BCUT2D eigenvalue weighted by Gasteiger charge is 2.87. The van der Waals surface area contributed by atoms with Gasteiger partial charge in [0.2, 0.25) is 0 Å². The van der Waals surface area contributed by atoms with Crippen LogP contribution in [0.5, 0.6) is 0 Å². The lowest BCUT2D eigenvalue weighted by Crippen LogP contribution is -2.50. The van der Waals surface area contributed by atoms with Gasteiger partial charge in [0.1, 0.15) is 9.75 Å². The van der Waals surface area contributed by atoms with E-state index in [1.54, 1.807) is 0 Å². The minimum atomic E-state index is -1.91. The average Bonchev–Trinajstić information content (AvgIpc) is 2.86. The van der Waals surface area contributed by atoms with Crippen molar-refractivity contribution in [2.45, 2.75) is 33.8 Å². The third-order valence-electron chi connectivity index (χ3n) is 4.59. The number of allylic oxidation sites excluding steroid dienone is 2. The van der Waals surface area contributed by atoms with Crippen LogP contribution in [0.3, 0.4) is 0 Å². The number of alkyl halides is 4. The minimum absolute atomic E-state index is 0.112. The Morgan fingerprint density at radius 1 is 1.00 bits per heavy atom. The van der Waals surface area contributed by atoms with Gasteiger partial charge in [-0.3, -0.25) is 14.4 Å². The van der Waals surface area contributed by atoms with Crippen LogP contribution in [0.25, 0.3) is 0 Å². The van der Waals surface area contributed by atoms with Crippen LogP contribution < -0.4 is 0 Å². The molecule has 2 fully saturated rings. The number of rotatable bonds is 4. The molecule has 4 nitrogen and oxygen atoms in total. The van der Waals surface area contributed by atoms with Gasteiger partial charge in [0.05, 0.1) is 28.5 Å². The van der Waals surface area contributed by atoms with Gasteiger partial charge >= 0.3 is 0 Å². The lowest BCUT2D eigenvalue weighted by atomic mass is 9.84. The van der Waals surface area contributed by atoms with E-state index in [-0.39, 0.29) is 16.7 Å². The molecule has 3 aliphatic rings. The van der Waals surface area contributed by atoms with E-state index in [1.807, 2.05) is 6.92 Å². The second-order valence-electron chi connectivity index (χ2n) is 5.74. The van der Waals surface area contributed by atoms with Crippen LogP contribution in [0.4, 0.5) is 0 Å². The van der Waals surface area contributed by atoms with Crippen molar-refractivity contribution < 1.29 is 14.4 Å². The maximum atomic E-state index is 12.7. The minimum Gasteiger partial charge on any atom is -0.272 e. The van der Waals surface area contributed by atoms with E-state index < -0.39 is 37.7 Å². The van der Waals surface area contributed by atoms with Gasteiger partial charge in [0.15, 0.2) is 4.33 Å². The molecule has 2 bridgehead atoms. The quantitative estimate of drug-likeness (QED) is 0.374. The van der Waals surface area contributed by atoms with E-state index in [2.05, 4.69) is 0 Å². The molecule has 1 saturated heterocycles. The van der Waals surface area contributed by atoms with Crippen molar-refractivity contribution in [3.63, 3.8) is 0 Å². The molecule has 23 heavy (non-hydrogen) atoms. The number of carbonyl (C=O) groups excluding carboxylic acids is 2. The topological polar surface area (TPSA) is 46.6 Å². The van der Waals surface area contributed by atoms with Crippen molar-refractivity contribution in [1.29, 1.82) is 0 Å². The van der Waals surface area contributed by atoms with Crippen LogP contribution in [0.15, 0.2) is 10.1 Å². The lowest BCUT2D eigenvalue weighted by Gasteiger charge is -2.34. The number of hydroxylamine groups is 2. The lowest BCUT2D eigenvalue weighted by molar-refractivity contribution is -0.190. The van der Waals surface area contributed by atoms with Crippen LogP contribution in [0, 0.1) is 11.8 Å². The first-order valence-corrected chi connectivity index (χ1v) is 9.17. The summed E-state index contributed by atoms with van der Waals surface area (Å²) >= 11 is 38.1. The maximum absolute atomic E-state index is 12.7. The Morgan fingerprint density at radius 3 is 1.83 bits per heavy atom. The normalized spacial score (nSPS) is 41.3. The molecule has 0 aromatic heterocycles. The Bertz CT molecular complexity index is 591. The number of imide groups is 1. The summed E-state index contributed by atoms with van der Waals surface area (Å²) in [6.07, 6.45) is 1.52.